The molecular formula is C10H14N6O. The van der Waals surface area contributed by atoms with Gasteiger partial charge in [-0.25, -0.2) is 0 Å². The lowest BCUT2D eigenvalue weighted by Gasteiger charge is -2.09. The number of hydrogen-bond donors (Lipinski definition) is 3. The average molecular weight is 234 g/mol. The van der Waals surface area contributed by atoms with Gasteiger partial charge in [-0.2, -0.15) is 10.2 Å². The molecule has 7 heteroatoms. The Balaban J connectivity index is 2.08. The highest BCUT2D eigenvalue weighted by Gasteiger charge is 2.18. The standard InChI is InChI=1S/C10H14N6O/c1-6-3-12-15-9(6)14-10(17)8(11)7-4-13-16(2)5-7/h3-5,8H,11H2,1-2H3,(H2,12,14,15,17). The number of hydrogen-bond acceptors (Lipinski definition) is 4. The maximum absolute atomic E-state index is 11.9. The van der Waals surface area contributed by atoms with Crippen molar-refractivity contribution in [2.75, 3.05) is 5.32 Å². The normalized spacial score (nSPS) is 12.4. The Labute approximate surface area is 98.0 Å². The van der Waals surface area contributed by atoms with E-state index in [1.807, 2.05) is 6.92 Å². The summed E-state index contributed by atoms with van der Waals surface area (Å²) in [5.74, 6) is 0.264. The predicted octanol–water partition coefficient (Wildman–Crippen LogP) is 0.0901. The molecule has 0 aromatic carbocycles. The SMILES string of the molecule is Cc1cn[nH]c1NC(=O)C(N)c1cnn(C)c1. The van der Waals surface area contributed by atoms with Crippen molar-refractivity contribution < 1.29 is 4.79 Å². The Morgan fingerprint density at radius 2 is 2.35 bits per heavy atom. The number of rotatable bonds is 3. The summed E-state index contributed by atoms with van der Waals surface area (Å²) >= 11 is 0. The fourth-order valence-corrected chi connectivity index (χ4v) is 1.43. The molecule has 0 radical (unpaired) electrons. The zero-order valence-corrected chi connectivity index (χ0v) is 9.64. The lowest BCUT2D eigenvalue weighted by atomic mass is 10.1. The monoisotopic (exact) mass is 234 g/mol. The van der Waals surface area contributed by atoms with E-state index in [-0.39, 0.29) is 5.91 Å². The number of H-pyrrole nitrogens is 1. The predicted molar refractivity (Wildman–Crippen MR) is 62.1 cm³/mol. The molecule has 0 spiro atoms. The second-order valence-electron chi connectivity index (χ2n) is 3.84. The molecule has 0 aliphatic heterocycles. The van der Waals surface area contributed by atoms with Crippen LogP contribution in [-0.2, 0) is 11.8 Å². The van der Waals surface area contributed by atoms with Crippen LogP contribution in [0.25, 0.3) is 0 Å². The number of aromatic amines is 1. The van der Waals surface area contributed by atoms with Gasteiger partial charge >= 0.3 is 0 Å². The van der Waals surface area contributed by atoms with Gasteiger partial charge in [0.05, 0.1) is 12.4 Å². The van der Waals surface area contributed by atoms with E-state index in [1.54, 1.807) is 30.3 Å². The van der Waals surface area contributed by atoms with Crippen LogP contribution in [0.5, 0.6) is 0 Å². The Morgan fingerprint density at radius 1 is 1.59 bits per heavy atom. The average Bonchev–Trinajstić information content (AvgIpc) is 2.88. The van der Waals surface area contributed by atoms with Crippen molar-refractivity contribution in [1.29, 1.82) is 0 Å². The topological polar surface area (TPSA) is 102 Å². The molecule has 17 heavy (non-hydrogen) atoms. The zero-order valence-electron chi connectivity index (χ0n) is 9.64. The minimum atomic E-state index is -0.744. The van der Waals surface area contributed by atoms with Crippen molar-refractivity contribution in [1.82, 2.24) is 20.0 Å². The molecule has 2 aromatic heterocycles. The number of carbonyl (C=O) groups excluding carboxylic acids is 1. The summed E-state index contributed by atoms with van der Waals surface area (Å²) in [5.41, 5.74) is 7.35. The third kappa shape index (κ3) is 2.34. The van der Waals surface area contributed by atoms with Gasteiger partial charge in [-0.3, -0.25) is 14.6 Å². The molecular weight excluding hydrogens is 220 g/mol. The van der Waals surface area contributed by atoms with Crippen LogP contribution >= 0.6 is 0 Å². The Hall–Kier alpha value is -2.15. The Morgan fingerprint density at radius 3 is 2.88 bits per heavy atom. The van der Waals surface area contributed by atoms with Gasteiger partial charge in [0.1, 0.15) is 11.9 Å². The lowest BCUT2D eigenvalue weighted by molar-refractivity contribution is -0.117. The van der Waals surface area contributed by atoms with Gasteiger partial charge in [0.2, 0.25) is 5.91 Å². The first-order valence-electron chi connectivity index (χ1n) is 5.13. The van der Waals surface area contributed by atoms with E-state index in [4.69, 9.17) is 5.73 Å². The molecule has 7 nitrogen and oxygen atoms in total. The van der Waals surface area contributed by atoms with Crippen molar-refractivity contribution in [3.05, 3.63) is 29.7 Å². The highest BCUT2D eigenvalue weighted by atomic mass is 16.2. The smallest absolute Gasteiger partial charge is 0.247 e. The van der Waals surface area contributed by atoms with Crippen LogP contribution in [0.3, 0.4) is 0 Å². The van der Waals surface area contributed by atoms with Gasteiger partial charge in [0, 0.05) is 24.4 Å². The number of aryl methyl sites for hydroxylation is 2. The molecule has 0 saturated carbocycles. The summed E-state index contributed by atoms with van der Waals surface area (Å²) in [6, 6.07) is -0.744. The third-order valence-corrected chi connectivity index (χ3v) is 2.44. The van der Waals surface area contributed by atoms with Gasteiger partial charge < -0.3 is 11.1 Å². The number of nitrogens with two attached hydrogens (primary N) is 1. The second kappa shape index (κ2) is 4.38. The quantitative estimate of drug-likeness (QED) is 0.700. The number of nitrogens with zero attached hydrogens (tertiary/aromatic N) is 3. The highest BCUT2D eigenvalue weighted by molar-refractivity contribution is 5.95. The first-order valence-corrected chi connectivity index (χ1v) is 5.13. The maximum Gasteiger partial charge on any atom is 0.247 e. The lowest BCUT2D eigenvalue weighted by Crippen LogP contribution is -2.27. The number of anilines is 1. The van der Waals surface area contributed by atoms with Crippen LogP contribution < -0.4 is 11.1 Å². The third-order valence-electron chi connectivity index (χ3n) is 2.44. The van der Waals surface area contributed by atoms with E-state index in [0.29, 0.717) is 11.4 Å². The number of carbonyl (C=O) groups is 1. The van der Waals surface area contributed by atoms with Crippen LogP contribution in [0.2, 0.25) is 0 Å². The number of aromatic nitrogens is 4. The van der Waals surface area contributed by atoms with Gasteiger partial charge in [0.15, 0.2) is 0 Å². The van der Waals surface area contributed by atoms with Crippen LogP contribution in [0.15, 0.2) is 18.6 Å². The minimum Gasteiger partial charge on any atom is -0.316 e. The zero-order chi connectivity index (χ0) is 12.4. The summed E-state index contributed by atoms with van der Waals surface area (Å²) in [7, 11) is 1.77. The summed E-state index contributed by atoms with van der Waals surface area (Å²) in [6.45, 7) is 1.84. The molecule has 1 atom stereocenters. The van der Waals surface area contributed by atoms with Crippen molar-refractivity contribution in [3.63, 3.8) is 0 Å². The van der Waals surface area contributed by atoms with Crippen LogP contribution in [0.1, 0.15) is 17.2 Å². The van der Waals surface area contributed by atoms with Crippen LogP contribution in [0.4, 0.5) is 5.82 Å². The van der Waals surface area contributed by atoms with Crippen LogP contribution in [0, 0.1) is 6.92 Å². The summed E-state index contributed by atoms with van der Waals surface area (Å²) in [6.07, 6.45) is 4.92. The van der Waals surface area contributed by atoms with E-state index >= 15 is 0 Å². The maximum atomic E-state index is 11.9. The number of nitrogens with one attached hydrogen (secondary N) is 2. The molecule has 0 aliphatic rings. The molecule has 4 N–H and O–H groups in total. The molecule has 0 aliphatic carbocycles. The van der Waals surface area contributed by atoms with Crippen LogP contribution in [-0.4, -0.2) is 25.9 Å². The Kier molecular flexibility index (Phi) is 2.92. The summed E-state index contributed by atoms with van der Waals surface area (Å²) in [5, 5.41) is 13.2. The molecule has 2 heterocycles. The fraction of sp³-hybridized carbons (Fsp3) is 0.300. The first-order chi connectivity index (χ1) is 8.08. The van der Waals surface area contributed by atoms with Gasteiger partial charge in [-0.1, -0.05) is 0 Å². The van der Waals surface area contributed by atoms with E-state index in [1.165, 1.54) is 0 Å². The van der Waals surface area contributed by atoms with Crippen molar-refractivity contribution in [2.24, 2.45) is 12.8 Å². The van der Waals surface area contributed by atoms with Gasteiger partial charge in [0.25, 0.3) is 0 Å². The van der Waals surface area contributed by atoms with E-state index in [9.17, 15) is 4.79 Å². The molecule has 1 amide bonds. The largest absolute Gasteiger partial charge is 0.316 e. The molecule has 0 fully saturated rings. The van der Waals surface area contributed by atoms with E-state index in [0.717, 1.165) is 5.56 Å². The highest BCUT2D eigenvalue weighted by Crippen LogP contribution is 2.13. The van der Waals surface area contributed by atoms with Gasteiger partial charge in [-0.15, -0.1) is 0 Å². The molecule has 90 valence electrons. The van der Waals surface area contributed by atoms with Crippen molar-refractivity contribution in [2.45, 2.75) is 13.0 Å². The Bertz CT molecular complexity index is 528. The molecule has 0 bridgehead atoms. The van der Waals surface area contributed by atoms with Crippen molar-refractivity contribution in [3.8, 4) is 0 Å². The molecule has 2 rings (SSSR count). The molecule has 0 saturated heterocycles. The van der Waals surface area contributed by atoms with Gasteiger partial charge in [-0.05, 0) is 6.92 Å². The molecule has 2 aromatic rings. The molecule has 1 unspecified atom stereocenters. The van der Waals surface area contributed by atoms with Crippen molar-refractivity contribution >= 4 is 11.7 Å². The first kappa shape index (κ1) is 11.3. The summed E-state index contributed by atoms with van der Waals surface area (Å²) in [4.78, 5) is 11.9. The van der Waals surface area contributed by atoms with E-state index < -0.39 is 6.04 Å². The number of amides is 1. The second-order valence-corrected chi connectivity index (χ2v) is 3.84. The van der Waals surface area contributed by atoms with E-state index in [2.05, 4.69) is 20.6 Å². The fourth-order valence-electron chi connectivity index (χ4n) is 1.43. The summed E-state index contributed by atoms with van der Waals surface area (Å²) < 4.78 is 1.60. The minimum absolute atomic E-state index is 0.301.